The Morgan fingerprint density at radius 2 is 1.69 bits per heavy atom. The SMILES string of the molecule is O=C(/C=C/c1ccco1)/C=C/c1ccc(-c2cccc(C(F)(F)F)c2)o1. The molecule has 0 unspecified atom stereocenters. The van der Waals surface area contributed by atoms with Gasteiger partial charge in [-0.3, -0.25) is 4.79 Å². The van der Waals surface area contributed by atoms with E-state index in [1.807, 2.05) is 0 Å². The molecule has 26 heavy (non-hydrogen) atoms. The molecular weight excluding hydrogens is 345 g/mol. The van der Waals surface area contributed by atoms with Crippen LogP contribution >= 0.6 is 0 Å². The minimum Gasteiger partial charge on any atom is -0.465 e. The summed E-state index contributed by atoms with van der Waals surface area (Å²) >= 11 is 0. The molecule has 3 nitrogen and oxygen atoms in total. The van der Waals surface area contributed by atoms with Crippen molar-refractivity contribution in [3.63, 3.8) is 0 Å². The molecule has 0 saturated carbocycles. The molecule has 132 valence electrons. The van der Waals surface area contributed by atoms with Gasteiger partial charge in [0.15, 0.2) is 5.78 Å². The van der Waals surface area contributed by atoms with Gasteiger partial charge in [-0.25, -0.2) is 0 Å². The first kappa shape index (κ1) is 17.5. The van der Waals surface area contributed by atoms with Crippen LogP contribution in [0.1, 0.15) is 17.1 Å². The molecule has 0 N–H and O–H groups in total. The van der Waals surface area contributed by atoms with Gasteiger partial charge in [0.1, 0.15) is 17.3 Å². The molecule has 0 radical (unpaired) electrons. The Morgan fingerprint density at radius 1 is 0.923 bits per heavy atom. The van der Waals surface area contributed by atoms with E-state index >= 15 is 0 Å². The smallest absolute Gasteiger partial charge is 0.416 e. The minimum absolute atomic E-state index is 0.279. The summed E-state index contributed by atoms with van der Waals surface area (Å²) in [7, 11) is 0. The molecule has 0 bridgehead atoms. The molecule has 6 heteroatoms. The lowest BCUT2D eigenvalue weighted by Gasteiger charge is -2.07. The van der Waals surface area contributed by atoms with Crippen molar-refractivity contribution in [3.05, 3.63) is 84.0 Å². The van der Waals surface area contributed by atoms with E-state index in [2.05, 4.69) is 0 Å². The van der Waals surface area contributed by atoms with E-state index in [-0.39, 0.29) is 11.5 Å². The highest BCUT2D eigenvalue weighted by molar-refractivity contribution is 6.04. The number of alkyl halides is 3. The first-order chi connectivity index (χ1) is 12.4. The summed E-state index contributed by atoms with van der Waals surface area (Å²) in [4.78, 5) is 11.8. The molecule has 0 aliphatic rings. The molecule has 1 aromatic carbocycles. The van der Waals surface area contributed by atoms with Gasteiger partial charge in [-0.2, -0.15) is 13.2 Å². The zero-order valence-electron chi connectivity index (χ0n) is 13.4. The average molecular weight is 358 g/mol. The van der Waals surface area contributed by atoms with Gasteiger partial charge in [0.25, 0.3) is 0 Å². The van der Waals surface area contributed by atoms with Crippen LogP contribution in [-0.2, 0) is 11.0 Å². The minimum atomic E-state index is -4.42. The summed E-state index contributed by atoms with van der Waals surface area (Å²) in [5, 5.41) is 0. The summed E-state index contributed by atoms with van der Waals surface area (Å²) < 4.78 is 48.9. The molecule has 0 spiro atoms. The Hall–Kier alpha value is -3.28. The quantitative estimate of drug-likeness (QED) is 0.537. The van der Waals surface area contributed by atoms with E-state index in [1.165, 1.54) is 42.7 Å². The van der Waals surface area contributed by atoms with Crippen molar-refractivity contribution < 1.29 is 26.8 Å². The van der Waals surface area contributed by atoms with E-state index in [0.717, 1.165) is 12.1 Å². The number of hydrogen-bond donors (Lipinski definition) is 0. The van der Waals surface area contributed by atoms with Crippen molar-refractivity contribution in [2.45, 2.75) is 6.18 Å². The van der Waals surface area contributed by atoms with Gasteiger partial charge in [0.05, 0.1) is 11.8 Å². The van der Waals surface area contributed by atoms with Crippen LogP contribution in [0.15, 0.2) is 75.8 Å². The highest BCUT2D eigenvalue weighted by atomic mass is 19.4. The highest BCUT2D eigenvalue weighted by Crippen LogP contribution is 2.32. The van der Waals surface area contributed by atoms with Crippen LogP contribution in [-0.4, -0.2) is 5.78 Å². The molecule has 0 aliphatic heterocycles. The van der Waals surface area contributed by atoms with E-state index < -0.39 is 11.7 Å². The number of allylic oxidation sites excluding steroid dienone is 2. The molecule has 0 aliphatic carbocycles. The van der Waals surface area contributed by atoms with E-state index in [1.54, 1.807) is 24.3 Å². The summed E-state index contributed by atoms with van der Waals surface area (Å²) in [6, 6.07) is 11.4. The maximum atomic E-state index is 12.8. The highest BCUT2D eigenvalue weighted by Gasteiger charge is 2.30. The largest absolute Gasteiger partial charge is 0.465 e. The Bertz CT molecular complexity index is 945. The van der Waals surface area contributed by atoms with Crippen LogP contribution in [0.4, 0.5) is 13.2 Å². The standard InChI is InChI=1S/C20H13F3O3/c21-20(22,23)15-4-1-3-14(13-15)19-11-10-18(26-19)9-7-16(24)6-8-17-5-2-12-25-17/h1-13H/b8-6+,9-7+. The molecule has 0 atom stereocenters. The predicted octanol–water partition coefficient (Wildman–Crippen LogP) is 5.85. The summed E-state index contributed by atoms with van der Waals surface area (Å²) in [6.07, 6.45) is 2.70. The van der Waals surface area contributed by atoms with Gasteiger partial charge in [-0.15, -0.1) is 0 Å². The topological polar surface area (TPSA) is 43.4 Å². The Morgan fingerprint density at radius 3 is 2.38 bits per heavy atom. The lowest BCUT2D eigenvalue weighted by molar-refractivity contribution is -0.137. The maximum Gasteiger partial charge on any atom is 0.416 e. The van der Waals surface area contributed by atoms with Crippen molar-refractivity contribution in [2.75, 3.05) is 0 Å². The van der Waals surface area contributed by atoms with E-state index in [0.29, 0.717) is 17.1 Å². The van der Waals surface area contributed by atoms with Gasteiger partial charge in [0, 0.05) is 5.56 Å². The van der Waals surface area contributed by atoms with Crippen molar-refractivity contribution >= 4 is 17.9 Å². The lowest BCUT2D eigenvalue weighted by atomic mass is 10.1. The third-order valence-electron chi connectivity index (χ3n) is 3.47. The van der Waals surface area contributed by atoms with Gasteiger partial charge in [-0.05, 0) is 60.7 Å². The third kappa shape index (κ3) is 4.42. The monoisotopic (exact) mass is 358 g/mol. The number of ketones is 1. The van der Waals surface area contributed by atoms with Crippen molar-refractivity contribution in [2.24, 2.45) is 0 Å². The molecule has 0 amide bonds. The number of rotatable bonds is 5. The second kappa shape index (κ2) is 7.31. The summed E-state index contributed by atoms with van der Waals surface area (Å²) in [5.41, 5.74) is -0.440. The number of furan rings is 2. The van der Waals surface area contributed by atoms with Crippen molar-refractivity contribution in [3.8, 4) is 11.3 Å². The summed E-state index contributed by atoms with van der Waals surface area (Å²) in [5.74, 6) is 0.918. The van der Waals surface area contributed by atoms with Gasteiger partial charge >= 0.3 is 6.18 Å². The number of benzene rings is 1. The van der Waals surface area contributed by atoms with Gasteiger partial charge < -0.3 is 8.83 Å². The second-order valence-corrected chi connectivity index (χ2v) is 5.37. The fourth-order valence-electron chi connectivity index (χ4n) is 2.22. The molecule has 3 rings (SSSR count). The second-order valence-electron chi connectivity index (χ2n) is 5.37. The number of hydrogen-bond acceptors (Lipinski definition) is 3. The Balaban J connectivity index is 1.71. The van der Waals surface area contributed by atoms with Crippen molar-refractivity contribution in [1.82, 2.24) is 0 Å². The fraction of sp³-hybridized carbons (Fsp3) is 0.0500. The maximum absolute atomic E-state index is 12.8. The number of halogens is 3. The predicted molar refractivity (Wildman–Crippen MR) is 90.9 cm³/mol. The zero-order valence-corrected chi connectivity index (χ0v) is 13.4. The van der Waals surface area contributed by atoms with Crippen LogP contribution in [0.2, 0.25) is 0 Å². The first-order valence-electron chi connectivity index (χ1n) is 7.63. The number of carbonyl (C=O) groups excluding carboxylic acids is 1. The third-order valence-corrected chi connectivity index (χ3v) is 3.47. The molecule has 3 aromatic rings. The molecule has 0 fully saturated rings. The van der Waals surface area contributed by atoms with Crippen LogP contribution in [0.25, 0.3) is 23.5 Å². The fourth-order valence-corrected chi connectivity index (χ4v) is 2.22. The van der Waals surface area contributed by atoms with Crippen LogP contribution < -0.4 is 0 Å². The van der Waals surface area contributed by atoms with E-state index in [4.69, 9.17) is 8.83 Å². The molecule has 2 heterocycles. The van der Waals surface area contributed by atoms with Crippen molar-refractivity contribution in [1.29, 1.82) is 0 Å². The van der Waals surface area contributed by atoms with Crippen LogP contribution in [0, 0.1) is 0 Å². The Kier molecular flexibility index (Phi) is 4.93. The van der Waals surface area contributed by atoms with Crippen LogP contribution in [0.3, 0.4) is 0 Å². The summed E-state index contributed by atoms with van der Waals surface area (Å²) in [6.45, 7) is 0. The molecular formula is C20H13F3O3. The van der Waals surface area contributed by atoms with Crippen LogP contribution in [0.5, 0.6) is 0 Å². The zero-order chi connectivity index (χ0) is 18.6. The van der Waals surface area contributed by atoms with E-state index in [9.17, 15) is 18.0 Å². The normalized spacial score (nSPS) is 12.3. The first-order valence-corrected chi connectivity index (χ1v) is 7.63. The van der Waals surface area contributed by atoms with Gasteiger partial charge in [0.2, 0.25) is 0 Å². The lowest BCUT2D eigenvalue weighted by Crippen LogP contribution is -2.04. The molecule has 2 aromatic heterocycles. The Labute approximate surface area is 147 Å². The average Bonchev–Trinajstić information content (AvgIpc) is 3.29. The molecule has 0 saturated heterocycles. The van der Waals surface area contributed by atoms with Gasteiger partial charge in [-0.1, -0.05) is 12.1 Å². The number of carbonyl (C=O) groups is 1.